The molecule has 0 atom stereocenters. The predicted molar refractivity (Wildman–Crippen MR) is 90.1 cm³/mol. The highest BCUT2D eigenvalue weighted by Crippen LogP contribution is 2.34. The van der Waals surface area contributed by atoms with Gasteiger partial charge in [0.2, 0.25) is 5.13 Å². The van der Waals surface area contributed by atoms with E-state index in [0.717, 1.165) is 5.76 Å². The van der Waals surface area contributed by atoms with Gasteiger partial charge in [0.05, 0.1) is 4.91 Å². The van der Waals surface area contributed by atoms with Crippen molar-refractivity contribution in [3.63, 3.8) is 0 Å². The number of carbonyl (C=O) groups is 1. The number of rotatable bonds is 4. The molecule has 5 nitrogen and oxygen atoms in total. The largest absolute Gasteiger partial charge is 0.462 e. The molecule has 3 rings (SSSR count). The molecule has 0 saturated carbocycles. The van der Waals surface area contributed by atoms with E-state index in [1.54, 1.807) is 23.2 Å². The standard InChI is InChI=1S/C15H13N3O2S2/c1-3-7-18-13(19)12(9-11-5-4-10(2)20-11)22-15(18)17-14-16-6-8-21-14/h3-6,8-9H,1,7H2,2H3/b12-9+,17-15+. The average Bonchev–Trinajstić information content (AvgIpc) is 3.19. The van der Waals surface area contributed by atoms with Gasteiger partial charge in [0, 0.05) is 24.2 Å². The zero-order valence-electron chi connectivity index (χ0n) is 11.9. The lowest BCUT2D eigenvalue weighted by molar-refractivity contribution is -0.121. The summed E-state index contributed by atoms with van der Waals surface area (Å²) in [5, 5.41) is 3.08. The van der Waals surface area contributed by atoms with Gasteiger partial charge in [-0.1, -0.05) is 6.08 Å². The van der Waals surface area contributed by atoms with Crippen molar-refractivity contribution in [3.05, 3.63) is 52.8 Å². The molecule has 0 unspecified atom stereocenters. The van der Waals surface area contributed by atoms with Crippen LogP contribution in [0.25, 0.3) is 6.08 Å². The molecule has 2 aromatic rings. The van der Waals surface area contributed by atoms with Crippen LogP contribution in [0, 0.1) is 6.92 Å². The topological polar surface area (TPSA) is 58.7 Å². The Morgan fingerprint density at radius 3 is 3.00 bits per heavy atom. The molecule has 112 valence electrons. The van der Waals surface area contributed by atoms with Gasteiger partial charge in [-0.2, -0.15) is 4.99 Å². The number of aromatic nitrogens is 1. The summed E-state index contributed by atoms with van der Waals surface area (Å²) < 4.78 is 5.50. The SMILES string of the molecule is C=CCN1C(=O)/C(=C\c2ccc(C)o2)S/C1=N/c1nccs1. The third-order valence-corrected chi connectivity index (χ3v) is 4.52. The van der Waals surface area contributed by atoms with Crippen LogP contribution in [-0.4, -0.2) is 27.5 Å². The van der Waals surface area contributed by atoms with E-state index in [1.165, 1.54) is 23.1 Å². The Morgan fingerprint density at radius 1 is 1.50 bits per heavy atom. The Balaban J connectivity index is 1.93. The van der Waals surface area contributed by atoms with E-state index in [4.69, 9.17) is 4.42 Å². The van der Waals surface area contributed by atoms with Crippen LogP contribution in [0.3, 0.4) is 0 Å². The van der Waals surface area contributed by atoms with Gasteiger partial charge in [0.1, 0.15) is 11.5 Å². The van der Waals surface area contributed by atoms with E-state index in [2.05, 4.69) is 16.6 Å². The molecule has 1 amide bonds. The number of furan rings is 1. The van der Waals surface area contributed by atoms with Gasteiger partial charge >= 0.3 is 0 Å². The minimum Gasteiger partial charge on any atom is -0.462 e. The van der Waals surface area contributed by atoms with Crippen LogP contribution >= 0.6 is 23.1 Å². The summed E-state index contributed by atoms with van der Waals surface area (Å²) in [7, 11) is 0. The first-order valence-electron chi connectivity index (χ1n) is 6.54. The van der Waals surface area contributed by atoms with Crippen molar-refractivity contribution >= 4 is 45.4 Å². The summed E-state index contributed by atoms with van der Waals surface area (Å²) in [5.74, 6) is 1.36. The summed E-state index contributed by atoms with van der Waals surface area (Å²) in [6, 6.07) is 3.70. The maximum Gasteiger partial charge on any atom is 0.267 e. The lowest BCUT2D eigenvalue weighted by Gasteiger charge is -2.11. The van der Waals surface area contributed by atoms with Crippen LogP contribution in [-0.2, 0) is 4.79 Å². The van der Waals surface area contributed by atoms with Crippen LogP contribution in [0.5, 0.6) is 0 Å². The molecule has 7 heteroatoms. The van der Waals surface area contributed by atoms with Crippen LogP contribution in [0.2, 0.25) is 0 Å². The van der Waals surface area contributed by atoms with Crippen molar-refractivity contribution < 1.29 is 9.21 Å². The molecule has 1 aliphatic heterocycles. The Labute approximate surface area is 136 Å². The van der Waals surface area contributed by atoms with Crippen LogP contribution in [0.1, 0.15) is 11.5 Å². The van der Waals surface area contributed by atoms with Crippen LogP contribution in [0.4, 0.5) is 5.13 Å². The molecule has 1 saturated heterocycles. The number of hydrogen-bond donors (Lipinski definition) is 0. The van der Waals surface area contributed by atoms with E-state index in [9.17, 15) is 4.79 Å². The van der Waals surface area contributed by atoms with Crippen LogP contribution < -0.4 is 0 Å². The van der Waals surface area contributed by atoms with Crippen molar-refractivity contribution in [2.75, 3.05) is 6.54 Å². The summed E-state index contributed by atoms with van der Waals surface area (Å²) in [6.07, 6.45) is 5.10. The summed E-state index contributed by atoms with van der Waals surface area (Å²) in [6.45, 7) is 5.97. The Morgan fingerprint density at radius 2 is 2.36 bits per heavy atom. The molecule has 1 fully saturated rings. The summed E-state index contributed by atoms with van der Waals surface area (Å²) in [4.78, 5) is 23.2. The monoisotopic (exact) mass is 331 g/mol. The van der Waals surface area contributed by atoms with Crippen molar-refractivity contribution in [3.8, 4) is 0 Å². The molecule has 0 bridgehead atoms. The zero-order chi connectivity index (χ0) is 15.5. The zero-order valence-corrected chi connectivity index (χ0v) is 13.5. The molecular weight excluding hydrogens is 318 g/mol. The Hall–Kier alpha value is -2.12. The minimum atomic E-state index is -0.103. The number of thioether (sulfide) groups is 1. The van der Waals surface area contributed by atoms with Gasteiger partial charge < -0.3 is 4.42 Å². The molecule has 0 N–H and O–H groups in total. The molecule has 0 spiro atoms. The first-order valence-corrected chi connectivity index (χ1v) is 8.24. The fraction of sp³-hybridized carbons (Fsp3) is 0.133. The number of amides is 1. The molecule has 22 heavy (non-hydrogen) atoms. The fourth-order valence-electron chi connectivity index (χ4n) is 1.89. The molecule has 0 radical (unpaired) electrons. The maximum absolute atomic E-state index is 12.5. The third-order valence-electron chi connectivity index (χ3n) is 2.84. The highest BCUT2D eigenvalue weighted by molar-refractivity contribution is 8.18. The van der Waals surface area contributed by atoms with Gasteiger partial charge in [0.25, 0.3) is 5.91 Å². The van der Waals surface area contributed by atoms with Gasteiger partial charge in [-0.25, -0.2) is 4.98 Å². The number of aliphatic imine (C=N–C) groups is 1. The summed E-state index contributed by atoms with van der Waals surface area (Å²) >= 11 is 2.74. The second-order valence-corrected chi connectivity index (χ2v) is 6.35. The highest BCUT2D eigenvalue weighted by atomic mass is 32.2. The van der Waals surface area contributed by atoms with E-state index in [1.807, 2.05) is 24.4 Å². The van der Waals surface area contributed by atoms with E-state index >= 15 is 0 Å². The molecule has 0 aliphatic carbocycles. The normalized spacial score (nSPS) is 18.6. The van der Waals surface area contributed by atoms with Crippen molar-refractivity contribution in [2.24, 2.45) is 4.99 Å². The molecular formula is C15H13N3O2S2. The quantitative estimate of drug-likeness (QED) is 0.631. The van der Waals surface area contributed by atoms with E-state index in [0.29, 0.717) is 27.5 Å². The molecule has 0 aromatic carbocycles. The average molecular weight is 331 g/mol. The second-order valence-electron chi connectivity index (χ2n) is 4.47. The number of nitrogens with zero attached hydrogens (tertiary/aromatic N) is 3. The number of thiazole rings is 1. The van der Waals surface area contributed by atoms with Gasteiger partial charge in [0.15, 0.2) is 5.17 Å². The van der Waals surface area contributed by atoms with Gasteiger partial charge in [-0.3, -0.25) is 9.69 Å². The second kappa shape index (κ2) is 6.33. The first-order chi connectivity index (χ1) is 10.7. The van der Waals surface area contributed by atoms with Crippen molar-refractivity contribution in [1.29, 1.82) is 0 Å². The van der Waals surface area contributed by atoms with Gasteiger partial charge in [-0.05, 0) is 30.8 Å². The Kier molecular flexibility index (Phi) is 4.26. The first kappa shape index (κ1) is 14.8. The lowest BCUT2D eigenvalue weighted by atomic mass is 10.3. The van der Waals surface area contributed by atoms with Crippen LogP contribution in [0.15, 0.2) is 50.7 Å². The molecule has 3 heterocycles. The molecule has 1 aliphatic rings. The summed E-state index contributed by atoms with van der Waals surface area (Å²) in [5.41, 5.74) is 0. The lowest BCUT2D eigenvalue weighted by Crippen LogP contribution is -2.29. The number of aryl methyl sites for hydroxylation is 1. The maximum atomic E-state index is 12.5. The minimum absolute atomic E-state index is 0.103. The number of hydrogen-bond acceptors (Lipinski definition) is 6. The smallest absolute Gasteiger partial charge is 0.267 e. The van der Waals surface area contributed by atoms with Crippen molar-refractivity contribution in [1.82, 2.24) is 9.88 Å². The Bertz CT molecular complexity index is 760. The fourth-order valence-corrected chi connectivity index (χ4v) is 3.43. The highest BCUT2D eigenvalue weighted by Gasteiger charge is 2.33. The van der Waals surface area contributed by atoms with Gasteiger partial charge in [-0.15, -0.1) is 17.9 Å². The third kappa shape index (κ3) is 3.05. The molecule has 2 aromatic heterocycles. The van der Waals surface area contributed by atoms with E-state index < -0.39 is 0 Å². The van der Waals surface area contributed by atoms with E-state index in [-0.39, 0.29) is 5.91 Å². The number of carbonyl (C=O) groups excluding carboxylic acids is 1. The van der Waals surface area contributed by atoms with Crippen molar-refractivity contribution in [2.45, 2.75) is 6.92 Å². The predicted octanol–water partition coefficient (Wildman–Crippen LogP) is 3.83. The number of amidine groups is 1.